The Morgan fingerprint density at radius 1 is 1.21 bits per heavy atom. The van der Waals surface area contributed by atoms with Crippen molar-refractivity contribution in [3.05, 3.63) is 59.1 Å². The van der Waals surface area contributed by atoms with Crippen LogP contribution in [0.5, 0.6) is 5.75 Å². The monoisotopic (exact) mass is 346 g/mol. The van der Waals surface area contributed by atoms with Crippen LogP contribution in [0.3, 0.4) is 0 Å². The fourth-order valence-electron chi connectivity index (χ4n) is 2.50. The molecule has 0 heterocycles. The van der Waals surface area contributed by atoms with Gasteiger partial charge in [0.05, 0.1) is 17.8 Å². The van der Waals surface area contributed by atoms with Crippen LogP contribution in [0.1, 0.15) is 24.9 Å². The van der Waals surface area contributed by atoms with Gasteiger partial charge in [-0.15, -0.1) is 0 Å². The maximum absolute atomic E-state index is 12.1. The number of hydrogen-bond acceptors (Lipinski definition) is 3. The van der Waals surface area contributed by atoms with Crippen molar-refractivity contribution < 1.29 is 9.53 Å². The van der Waals surface area contributed by atoms with E-state index in [1.807, 2.05) is 43.4 Å². The first-order valence-electron chi connectivity index (χ1n) is 7.90. The van der Waals surface area contributed by atoms with E-state index >= 15 is 0 Å². The zero-order chi connectivity index (χ0) is 17.5. The van der Waals surface area contributed by atoms with Crippen LogP contribution in [0.2, 0.25) is 5.02 Å². The molecule has 2 aromatic rings. The fourth-order valence-corrected chi connectivity index (χ4v) is 2.68. The van der Waals surface area contributed by atoms with Crippen LogP contribution in [0.15, 0.2) is 48.5 Å². The summed E-state index contributed by atoms with van der Waals surface area (Å²) in [7, 11) is 3.67. The predicted octanol–water partition coefficient (Wildman–Crippen LogP) is 4.37. The van der Waals surface area contributed by atoms with Gasteiger partial charge in [-0.2, -0.15) is 0 Å². The molecule has 4 nitrogen and oxygen atoms in total. The summed E-state index contributed by atoms with van der Waals surface area (Å²) in [6.45, 7) is 2.74. The van der Waals surface area contributed by atoms with Gasteiger partial charge in [0.2, 0.25) is 5.91 Å². The zero-order valence-electron chi connectivity index (χ0n) is 14.3. The largest absolute Gasteiger partial charge is 0.496 e. The van der Waals surface area contributed by atoms with E-state index in [4.69, 9.17) is 16.3 Å². The van der Waals surface area contributed by atoms with E-state index in [0.717, 1.165) is 11.3 Å². The van der Waals surface area contributed by atoms with Crippen molar-refractivity contribution in [2.45, 2.75) is 19.4 Å². The standard InChI is InChI=1S/C19H23ClN2O2/c1-14(15-8-4-7-11-18(15)24-3)22(2)13-12-19(23)21-17-10-6-5-9-16(17)20/h4-11,14H,12-13H2,1-3H3,(H,21,23)/t14-/m0/s1. The minimum absolute atomic E-state index is 0.0535. The molecular weight excluding hydrogens is 324 g/mol. The van der Waals surface area contributed by atoms with Crippen molar-refractivity contribution in [1.29, 1.82) is 0 Å². The molecule has 5 heteroatoms. The smallest absolute Gasteiger partial charge is 0.225 e. The van der Waals surface area contributed by atoms with Crippen molar-refractivity contribution in [2.75, 3.05) is 26.0 Å². The van der Waals surface area contributed by atoms with Crippen molar-refractivity contribution in [3.8, 4) is 5.75 Å². The topological polar surface area (TPSA) is 41.6 Å². The van der Waals surface area contributed by atoms with E-state index in [1.165, 1.54) is 0 Å². The molecule has 2 rings (SSSR count). The number of rotatable bonds is 7. The molecule has 0 aliphatic rings. The van der Waals surface area contributed by atoms with Gasteiger partial charge < -0.3 is 10.1 Å². The maximum atomic E-state index is 12.1. The van der Waals surface area contributed by atoms with E-state index < -0.39 is 0 Å². The van der Waals surface area contributed by atoms with Gasteiger partial charge in [-0.1, -0.05) is 41.9 Å². The molecule has 0 aliphatic heterocycles. The number of methoxy groups -OCH3 is 1. The van der Waals surface area contributed by atoms with E-state index in [0.29, 0.717) is 23.7 Å². The number of para-hydroxylation sites is 2. The number of amides is 1. The highest BCUT2D eigenvalue weighted by Gasteiger charge is 2.16. The number of halogens is 1. The normalized spacial score (nSPS) is 12.0. The highest BCUT2D eigenvalue weighted by molar-refractivity contribution is 6.33. The van der Waals surface area contributed by atoms with Gasteiger partial charge in [0.1, 0.15) is 5.75 Å². The molecule has 1 amide bonds. The molecule has 0 aromatic heterocycles. The molecule has 0 saturated carbocycles. The molecule has 0 spiro atoms. The quantitative estimate of drug-likeness (QED) is 0.809. The van der Waals surface area contributed by atoms with E-state index in [-0.39, 0.29) is 11.9 Å². The second-order valence-corrected chi connectivity index (χ2v) is 6.08. The summed E-state index contributed by atoms with van der Waals surface area (Å²) in [5.74, 6) is 0.805. The Hall–Kier alpha value is -2.04. The van der Waals surface area contributed by atoms with Crippen molar-refractivity contribution >= 4 is 23.2 Å². The Labute approximate surface area is 148 Å². The van der Waals surface area contributed by atoms with Gasteiger partial charge in [0.25, 0.3) is 0 Å². The minimum atomic E-state index is -0.0535. The number of carbonyl (C=O) groups excluding carboxylic acids is 1. The Kier molecular flexibility index (Phi) is 6.64. The molecule has 1 atom stereocenters. The summed E-state index contributed by atoms with van der Waals surface area (Å²) in [6, 6.07) is 15.3. The molecule has 0 fully saturated rings. The van der Waals surface area contributed by atoms with Crippen LogP contribution in [0.25, 0.3) is 0 Å². The van der Waals surface area contributed by atoms with E-state index in [9.17, 15) is 4.79 Å². The molecule has 24 heavy (non-hydrogen) atoms. The molecule has 128 valence electrons. The van der Waals surface area contributed by atoms with Crippen molar-refractivity contribution in [2.24, 2.45) is 0 Å². The first-order chi connectivity index (χ1) is 11.5. The lowest BCUT2D eigenvalue weighted by atomic mass is 10.1. The predicted molar refractivity (Wildman–Crippen MR) is 98.7 cm³/mol. The van der Waals surface area contributed by atoms with Crippen LogP contribution in [0, 0.1) is 0 Å². The molecule has 1 N–H and O–H groups in total. The van der Waals surface area contributed by atoms with Gasteiger partial charge >= 0.3 is 0 Å². The molecular formula is C19H23ClN2O2. The van der Waals surface area contributed by atoms with Crippen LogP contribution in [-0.4, -0.2) is 31.5 Å². The summed E-state index contributed by atoms with van der Waals surface area (Å²) >= 11 is 6.06. The highest BCUT2D eigenvalue weighted by Crippen LogP contribution is 2.28. The van der Waals surface area contributed by atoms with Gasteiger partial charge in [0, 0.05) is 24.6 Å². The van der Waals surface area contributed by atoms with Crippen LogP contribution < -0.4 is 10.1 Å². The lowest BCUT2D eigenvalue weighted by Gasteiger charge is -2.26. The van der Waals surface area contributed by atoms with Crippen molar-refractivity contribution in [1.82, 2.24) is 4.90 Å². The third-order valence-electron chi connectivity index (χ3n) is 4.09. The number of nitrogens with zero attached hydrogens (tertiary/aromatic N) is 1. The molecule has 0 radical (unpaired) electrons. The van der Waals surface area contributed by atoms with Crippen LogP contribution in [-0.2, 0) is 4.79 Å². The Balaban J connectivity index is 1.91. The Bertz CT molecular complexity index is 691. The SMILES string of the molecule is COc1ccccc1[C@H](C)N(C)CCC(=O)Nc1ccccc1Cl. The molecule has 0 saturated heterocycles. The van der Waals surface area contributed by atoms with Crippen LogP contribution >= 0.6 is 11.6 Å². The van der Waals surface area contributed by atoms with Crippen LogP contribution in [0.4, 0.5) is 5.69 Å². The number of ether oxygens (including phenoxy) is 1. The number of hydrogen-bond donors (Lipinski definition) is 1. The van der Waals surface area contributed by atoms with Gasteiger partial charge in [-0.3, -0.25) is 9.69 Å². The van der Waals surface area contributed by atoms with Crippen molar-refractivity contribution in [3.63, 3.8) is 0 Å². The average Bonchev–Trinajstić information content (AvgIpc) is 2.61. The highest BCUT2D eigenvalue weighted by atomic mass is 35.5. The van der Waals surface area contributed by atoms with E-state index in [1.54, 1.807) is 19.2 Å². The third kappa shape index (κ3) is 4.73. The maximum Gasteiger partial charge on any atom is 0.225 e. The second-order valence-electron chi connectivity index (χ2n) is 5.68. The summed E-state index contributed by atoms with van der Waals surface area (Å²) in [5, 5.41) is 3.39. The molecule has 0 aliphatic carbocycles. The molecule has 0 unspecified atom stereocenters. The molecule has 0 bridgehead atoms. The lowest BCUT2D eigenvalue weighted by Crippen LogP contribution is -2.27. The number of carbonyl (C=O) groups is 1. The lowest BCUT2D eigenvalue weighted by molar-refractivity contribution is -0.116. The fraction of sp³-hybridized carbons (Fsp3) is 0.316. The summed E-state index contributed by atoms with van der Waals surface area (Å²) in [6.07, 6.45) is 0.390. The average molecular weight is 347 g/mol. The van der Waals surface area contributed by atoms with Gasteiger partial charge in [-0.25, -0.2) is 0 Å². The number of nitrogens with one attached hydrogen (secondary N) is 1. The summed E-state index contributed by atoms with van der Waals surface area (Å²) in [5.41, 5.74) is 1.75. The van der Waals surface area contributed by atoms with E-state index in [2.05, 4.69) is 17.1 Å². The van der Waals surface area contributed by atoms with Gasteiger partial charge in [0.15, 0.2) is 0 Å². The van der Waals surface area contributed by atoms with Gasteiger partial charge in [-0.05, 0) is 32.2 Å². The second kappa shape index (κ2) is 8.71. The summed E-state index contributed by atoms with van der Waals surface area (Å²) in [4.78, 5) is 14.3. The first-order valence-corrected chi connectivity index (χ1v) is 8.28. The first kappa shape index (κ1) is 18.3. The zero-order valence-corrected chi connectivity index (χ0v) is 15.0. The summed E-state index contributed by atoms with van der Waals surface area (Å²) < 4.78 is 5.41. The number of anilines is 1. The molecule has 2 aromatic carbocycles. The Morgan fingerprint density at radius 2 is 1.88 bits per heavy atom. The third-order valence-corrected chi connectivity index (χ3v) is 4.42. The Morgan fingerprint density at radius 3 is 2.58 bits per heavy atom. The number of benzene rings is 2. The minimum Gasteiger partial charge on any atom is -0.496 e.